The number of rotatable bonds is 12. The summed E-state index contributed by atoms with van der Waals surface area (Å²) in [5.41, 5.74) is 1.93. The summed E-state index contributed by atoms with van der Waals surface area (Å²) in [6.45, 7) is 2.59. The SMILES string of the molecule is [CH3][Sn]([CH3])[CH2]CCOc1ccc2c(c1)C(C(=O)C1CCOc3ccc(OCC[CH2][Sn]([CH3])[CH3])cc31)CCO2. The number of carbonyl (C=O) groups excluding carboxylic acids is 1. The Balaban J connectivity index is 1.48. The quantitative estimate of drug-likeness (QED) is 0.181. The summed E-state index contributed by atoms with van der Waals surface area (Å²) in [7, 11) is 0. The molecule has 0 aliphatic carbocycles. The zero-order chi connectivity index (χ0) is 25.5. The zero-order valence-electron chi connectivity index (χ0n) is 22.2. The Morgan fingerprint density at radius 2 is 1.22 bits per heavy atom. The maximum absolute atomic E-state index is 14.0. The summed E-state index contributed by atoms with van der Waals surface area (Å²) in [4.78, 5) is 23.7. The van der Waals surface area contributed by atoms with Crippen LogP contribution in [0.2, 0.25) is 28.6 Å². The molecule has 2 atom stereocenters. The average Bonchev–Trinajstić information content (AvgIpc) is 2.87. The minimum absolute atomic E-state index is 0.193. The second-order valence-electron chi connectivity index (χ2n) is 10.5. The predicted octanol–water partition coefficient (Wildman–Crippen LogP) is 6.73. The molecular formula is C29H40O5Sn2. The molecule has 0 N–H and O–H groups in total. The van der Waals surface area contributed by atoms with Crippen molar-refractivity contribution in [3.05, 3.63) is 47.5 Å². The van der Waals surface area contributed by atoms with Crippen molar-refractivity contribution in [1.82, 2.24) is 0 Å². The number of carbonyl (C=O) groups is 1. The predicted molar refractivity (Wildman–Crippen MR) is 148 cm³/mol. The summed E-state index contributed by atoms with van der Waals surface area (Å²) in [5, 5.41) is 0. The standard InChI is InChI=1S/C25H28O5.4CH3.2Sn/c1-3-11-27-17-5-7-23-21(15-17)19(9-13-29-23)25(26)20-10-14-30-24-8-6-18(16-22(20)24)28-12-4-2;;;;;;/h5-8,15-16,19-20H,1-4,9-14H2;4*1H3;;. The number of hydrogen-bond acceptors (Lipinski definition) is 5. The molecule has 2 aromatic carbocycles. The fraction of sp³-hybridized carbons (Fsp3) is 0.552. The molecule has 2 aliphatic rings. The van der Waals surface area contributed by atoms with Crippen LogP contribution in [-0.2, 0) is 4.79 Å². The number of fused-ring (bicyclic) bond motifs is 2. The van der Waals surface area contributed by atoms with E-state index in [1.165, 1.54) is 8.87 Å². The van der Waals surface area contributed by atoms with Gasteiger partial charge in [-0.1, -0.05) is 0 Å². The van der Waals surface area contributed by atoms with Crippen molar-refractivity contribution in [2.45, 2.75) is 66.2 Å². The Kier molecular flexibility index (Phi) is 10.6. The molecule has 2 aliphatic heterocycles. The molecule has 2 heterocycles. The first-order valence-electron chi connectivity index (χ1n) is 13.3. The van der Waals surface area contributed by atoms with E-state index in [1.807, 2.05) is 36.4 Å². The first kappa shape index (κ1) is 27.9. The molecule has 0 saturated carbocycles. The van der Waals surface area contributed by atoms with Crippen LogP contribution >= 0.6 is 0 Å². The van der Waals surface area contributed by atoms with Crippen molar-refractivity contribution in [3.8, 4) is 23.0 Å². The van der Waals surface area contributed by atoms with E-state index >= 15 is 0 Å². The molecule has 0 amide bonds. The van der Waals surface area contributed by atoms with Gasteiger partial charge in [0.05, 0.1) is 0 Å². The molecule has 194 valence electrons. The molecule has 0 aromatic heterocycles. The van der Waals surface area contributed by atoms with Gasteiger partial charge in [-0.05, 0) is 0 Å². The van der Waals surface area contributed by atoms with Crippen LogP contribution in [0, 0.1) is 0 Å². The van der Waals surface area contributed by atoms with Gasteiger partial charge < -0.3 is 0 Å². The molecule has 0 bridgehead atoms. The van der Waals surface area contributed by atoms with Crippen LogP contribution in [0.3, 0.4) is 0 Å². The topological polar surface area (TPSA) is 54.0 Å². The van der Waals surface area contributed by atoms with Crippen LogP contribution in [-0.4, -0.2) is 71.7 Å². The van der Waals surface area contributed by atoms with Gasteiger partial charge >= 0.3 is 232 Å². The van der Waals surface area contributed by atoms with Crippen LogP contribution in [0.1, 0.15) is 48.6 Å². The van der Waals surface area contributed by atoms with Crippen LogP contribution < -0.4 is 18.9 Å². The van der Waals surface area contributed by atoms with Gasteiger partial charge in [-0.2, -0.15) is 0 Å². The van der Waals surface area contributed by atoms with E-state index in [1.54, 1.807) is 0 Å². The van der Waals surface area contributed by atoms with Crippen molar-refractivity contribution < 1.29 is 23.7 Å². The summed E-state index contributed by atoms with van der Waals surface area (Å²) in [6.07, 6.45) is 3.61. The molecule has 36 heavy (non-hydrogen) atoms. The number of hydrogen-bond donors (Lipinski definition) is 0. The Morgan fingerprint density at radius 3 is 1.64 bits per heavy atom. The van der Waals surface area contributed by atoms with E-state index in [-0.39, 0.29) is 17.6 Å². The molecule has 7 heteroatoms. The van der Waals surface area contributed by atoms with E-state index in [0.717, 1.165) is 60.2 Å². The van der Waals surface area contributed by atoms with Gasteiger partial charge in [0.15, 0.2) is 0 Å². The van der Waals surface area contributed by atoms with Crippen LogP contribution in [0.25, 0.3) is 0 Å². The van der Waals surface area contributed by atoms with E-state index in [0.29, 0.717) is 26.1 Å². The number of ketones is 1. The van der Waals surface area contributed by atoms with E-state index < -0.39 is 39.5 Å². The van der Waals surface area contributed by atoms with Gasteiger partial charge in [-0.3, -0.25) is 0 Å². The van der Waals surface area contributed by atoms with Gasteiger partial charge in [0.25, 0.3) is 0 Å². The fourth-order valence-electron chi connectivity index (χ4n) is 4.99. The molecule has 2 unspecified atom stereocenters. The van der Waals surface area contributed by atoms with Crippen molar-refractivity contribution in [2.75, 3.05) is 26.4 Å². The van der Waals surface area contributed by atoms with Crippen LogP contribution in [0.15, 0.2) is 36.4 Å². The minimum atomic E-state index is -1.07. The molecule has 2 radical (unpaired) electrons. The summed E-state index contributed by atoms with van der Waals surface area (Å²) in [5.74, 6) is 3.16. The van der Waals surface area contributed by atoms with Gasteiger partial charge in [0.1, 0.15) is 0 Å². The van der Waals surface area contributed by atoms with Crippen molar-refractivity contribution in [2.24, 2.45) is 0 Å². The first-order valence-corrected chi connectivity index (χ1v) is 28.8. The first-order chi connectivity index (χ1) is 17.4. The molecule has 4 rings (SSSR count). The molecular weight excluding hydrogens is 666 g/mol. The van der Waals surface area contributed by atoms with Gasteiger partial charge in [-0.25, -0.2) is 0 Å². The van der Waals surface area contributed by atoms with Crippen LogP contribution in [0.5, 0.6) is 23.0 Å². The Bertz CT molecular complexity index is 943. The number of Topliss-reactive ketones (excluding diaryl/α,β-unsaturated/α-hetero) is 1. The number of ether oxygens (including phenoxy) is 4. The van der Waals surface area contributed by atoms with Crippen molar-refractivity contribution in [1.29, 1.82) is 0 Å². The van der Waals surface area contributed by atoms with Crippen LogP contribution in [0.4, 0.5) is 0 Å². The molecule has 5 nitrogen and oxygen atoms in total. The van der Waals surface area contributed by atoms with E-state index in [2.05, 4.69) is 19.8 Å². The average molecular weight is 706 g/mol. The summed E-state index contributed by atoms with van der Waals surface area (Å²) < 4.78 is 26.6. The normalized spacial score (nSPS) is 18.7. The van der Waals surface area contributed by atoms with E-state index in [9.17, 15) is 4.79 Å². The Morgan fingerprint density at radius 1 is 0.778 bits per heavy atom. The Labute approximate surface area is 230 Å². The van der Waals surface area contributed by atoms with Gasteiger partial charge in [0.2, 0.25) is 0 Å². The monoisotopic (exact) mass is 708 g/mol. The molecule has 0 spiro atoms. The summed E-state index contributed by atoms with van der Waals surface area (Å²) in [6, 6.07) is 12.0. The second-order valence-corrected chi connectivity index (χ2v) is 27.1. The van der Waals surface area contributed by atoms with Crippen molar-refractivity contribution >= 4 is 45.3 Å². The summed E-state index contributed by atoms with van der Waals surface area (Å²) >= 11 is -2.15. The molecule has 0 saturated heterocycles. The zero-order valence-corrected chi connectivity index (χ0v) is 27.9. The van der Waals surface area contributed by atoms with Crippen molar-refractivity contribution in [3.63, 3.8) is 0 Å². The second kappa shape index (κ2) is 13.6. The molecule has 2 aromatic rings. The third-order valence-corrected chi connectivity index (χ3v) is 14.6. The van der Waals surface area contributed by atoms with Gasteiger partial charge in [-0.15, -0.1) is 0 Å². The maximum atomic E-state index is 14.0. The van der Waals surface area contributed by atoms with Gasteiger partial charge in [0, 0.05) is 0 Å². The Hall–Kier alpha value is -1.09. The third kappa shape index (κ3) is 7.48. The fourth-order valence-corrected chi connectivity index (χ4v) is 9.85. The third-order valence-electron chi connectivity index (χ3n) is 6.91. The number of benzene rings is 2. The van der Waals surface area contributed by atoms with E-state index in [4.69, 9.17) is 18.9 Å². The molecule has 0 fully saturated rings.